The van der Waals surface area contributed by atoms with Crippen LogP contribution >= 0.6 is 0 Å². The number of benzene rings is 2. The zero-order valence-electron chi connectivity index (χ0n) is 12.4. The summed E-state index contributed by atoms with van der Waals surface area (Å²) in [5.74, 6) is 1.25. The van der Waals surface area contributed by atoms with Crippen LogP contribution < -0.4 is 14.8 Å². The van der Waals surface area contributed by atoms with Gasteiger partial charge in [0.25, 0.3) is 0 Å². The number of halogens is 1. The molecule has 0 amide bonds. The summed E-state index contributed by atoms with van der Waals surface area (Å²) in [5.41, 5.74) is 1.99. The van der Waals surface area contributed by atoms with E-state index in [1.54, 1.807) is 6.07 Å². The van der Waals surface area contributed by atoms with Crippen molar-refractivity contribution in [2.24, 2.45) is 0 Å². The molecule has 2 rings (SSSR count). The lowest BCUT2D eigenvalue weighted by Crippen LogP contribution is -2.10. The lowest BCUT2D eigenvalue weighted by molar-refractivity contribution is 0.216. The average molecular weight is 289 g/mol. The van der Waals surface area contributed by atoms with Gasteiger partial charge in [-0.05, 0) is 55.4 Å². The SMILES string of the molecule is CNCc1ccc(OCCOc2ccc(F)cc2C)cc1. The highest BCUT2D eigenvalue weighted by atomic mass is 19.1. The van der Waals surface area contributed by atoms with Crippen molar-refractivity contribution in [1.82, 2.24) is 5.32 Å². The highest BCUT2D eigenvalue weighted by Gasteiger charge is 2.01. The van der Waals surface area contributed by atoms with Gasteiger partial charge in [-0.25, -0.2) is 4.39 Å². The van der Waals surface area contributed by atoms with Gasteiger partial charge in [0.2, 0.25) is 0 Å². The third kappa shape index (κ3) is 4.76. The van der Waals surface area contributed by atoms with E-state index in [2.05, 4.69) is 5.32 Å². The Morgan fingerprint density at radius 1 is 1.00 bits per heavy atom. The molecule has 0 aliphatic rings. The van der Waals surface area contributed by atoms with E-state index in [9.17, 15) is 4.39 Å². The summed E-state index contributed by atoms with van der Waals surface area (Å²) in [6.45, 7) is 3.53. The molecule has 0 fully saturated rings. The molecule has 0 aromatic heterocycles. The third-order valence-corrected chi connectivity index (χ3v) is 3.05. The molecule has 21 heavy (non-hydrogen) atoms. The first-order chi connectivity index (χ1) is 10.2. The molecule has 0 aliphatic carbocycles. The Morgan fingerprint density at radius 2 is 1.71 bits per heavy atom. The molecule has 0 saturated carbocycles. The standard InChI is InChI=1S/C17H20FNO2/c1-13-11-15(18)5-8-17(13)21-10-9-20-16-6-3-14(4-7-16)12-19-2/h3-8,11,19H,9-10,12H2,1-2H3. The maximum Gasteiger partial charge on any atom is 0.123 e. The van der Waals surface area contributed by atoms with Crippen LogP contribution in [0.3, 0.4) is 0 Å². The fraction of sp³-hybridized carbons (Fsp3) is 0.294. The Labute approximate surface area is 124 Å². The van der Waals surface area contributed by atoms with E-state index >= 15 is 0 Å². The second kappa shape index (κ2) is 7.64. The molecule has 2 aromatic rings. The van der Waals surface area contributed by atoms with Crippen molar-refractivity contribution in [3.8, 4) is 11.5 Å². The number of hydrogen-bond acceptors (Lipinski definition) is 3. The second-order valence-corrected chi connectivity index (χ2v) is 4.78. The van der Waals surface area contributed by atoms with E-state index in [0.717, 1.165) is 17.9 Å². The highest BCUT2D eigenvalue weighted by molar-refractivity contribution is 5.32. The van der Waals surface area contributed by atoms with Crippen LogP contribution in [-0.4, -0.2) is 20.3 Å². The van der Waals surface area contributed by atoms with Crippen molar-refractivity contribution in [2.45, 2.75) is 13.5 Å². The third-order valence-electron chi connectivity index (χ3n) is 3.05. The maximum absolute atomic E-state index is 13.0. The maximum atomic E-state index is 13.0. The summed E-state index contributed by atoms with van der Waals surface area (Å²) in [4.78, 5) is 0. The van der Waals surface area contributed by atoms with Gasteiger partial charge in [0.1, 0.15) is 30.5 Å². The minimum Gasteiger partial charge on any atom is -0.490 e. The molecule has 112 valence electrons. The predicted molar refractivity (Wildman–Crippen MR) is 81.3 cm³/mol. The Morgan fingerprint density at radius 3 is 2.38 bits per heavy atom. The van der Waals surface area contributed by atoms with E-state index < -0.39 is 0 Å². The zero-order chi connectivity index (χ0) is 15.1. The summed E-state index contributed by atoms with van der Waals surface area (Å²) in [6, 6.07) is 12.4. The minimum atomic E-state index is -0.252. The van der Waals surface area contributed by atoms with E-state index in [1.165, 1.54) is 17.7 Å². The summed E-state index contributed by atoms with van der Waals surface area (Å²) in [5, 5.41) is 3.10. The molecule has 4 heteroatoms. The van der Waals surface area contributed by atoms with E-state index in [-0.39, 0.29) is 5.82 Å². The predicted octanol–water partition coefficient (Wildman–Crippen LogP) is 3.31. The van der Waals surface area contributed by atoms with Crippen LogP contribution in [0.4, 0.5) is 4.39 Å². The fourth-order valence-corrected chi connectivity index (χ4v) is 1.99. The van der Waals surface area contributed by atoms with Crippen molar-refractivity contribution >= 4 is 0 Å². The van der Waals surface area contributed by atoms with E-state index in [0.29, 0.717) is 19.0 Å². The summed E-state index contributed by atoms with van der Waals surface area (Å²) < 4.78 is 24.1. The molecular formula is C17H20FNO2. The van der Waals surface area contributed by atoms with Gasteiger partial charge in [0.15, 0.2) is 0 Å². The molecule has 0 atom stereocenters. The Hall–Kier alpha value is -2.07. The van der Waals surface area contributed by atoms with Crippen LogP contribution in [0.2, 0.25) is 0 Å². The van der Waals surface area contributed by atoms with Gasteiger partial charge >= 0.3 is 0 Å². The number of aryl methyl sites for hydroxylation is 1. The normalized spacial score (nSPS) is 10.4. The van der Waals surface area contributed by atoms with Crippen molar-refractivity contribution in [1.29, 1.82) is 0 Å². The van der Waals surface area contributed by atoms with Crippen molar-refractivity contribution in [3.63, 3.8) is 0 Å². The van der Waals surface area contributed by atoms with Crippen LogP contribution in [0, 0.1) is 12.7 Å². The van der Waals surface area contributed by atoms with Gasteiger partial charge in [-0.15, -0.1) is 0 Å². The monoisotopic (exact) mass is 289 g/mol. The van der Waals surface area contributed by atoms with Gasteiger partial charge in [-0.2, -0.15) is 0 Å². The molecule has 0 heterocycles. The molecule has 0 spiro atoms. The van der Waals surface area contributed by atoms with Crippen LogP contribution in [0.25, 0.3) is 0 Å². The van der Waals surface area contributed by atoms with Gasteiger partial charge in [-0.1, -0.05) is 12.1 Å². The molecule has 1 N–H and O–H groups in total. The molecule has 0 aliphatic heterocycles. The van der Waals surface area contributed by atoms with Crippen LogP contribution in [0.5, 0.6) is 11.5 Å². The minimum absolute atomic E-state index is 0.252. The topological polar surface area (TPSA) is 30.5 Å². The molecule has 0 radical (unpaired) electrons. The highest BCUT2D eigenvalue weighted by Crippen LogP contribution is 2.18. The number of nitrogens with one attached hydrogen (secondary N) is 1. The second-order valence-electron chi connectivity index (χ2n) is 4.78. The smallest absolute Gasteiger partial charge is 0.123 e. The van der Waals surface area contributed by atoms with Crippen molar-refractivity contribution < 1.29 is 13.9 Å². The van der Waals surface area contributed by atoms with Gasteiger partial charge < -0.3 is 14.8 Å². The van der Waals surface area contributed by atoms with Gasteiger partial charge in [0.05, 0.1) is 0 Å². The quantitative estimate of drug-likeness (QED) is 0.793. The summed E-state index contributed by atoms with van der Waals surface area (Å²) >= 11 is 0. The van der Waals surface area contributed by atoms with E-state index in [4.69, 9.17) is 9.47 Å². The van der Waals surface area contributed by atoms with Gasteiger partial charge in [-0.3, -0.25) is 0 Å². The van der Waals surface area contributed by atoms with Crippen molar-refractivity contribution in [3.05, 3.63) is 59.4 Å². The van der Waals surface area contributed by atoms with Crippen LogP contribution in [0.15, 0.2) is 42.5 Å². The van der Waals surface area contributed by atoms with Crippen LogP contribution in [0.1, 0.15) is 11.1 Å². The summed E-state index contributed by atoms with van der Waals surface area (Å²) in [7, 11) is 1.92. The van der Waals surface area contributed by atoms with E-state index in [1.807, 2.05) is 38.2 Å². The Kier molecular flexibility index (Phi) is 5.58. The Bertz CT molecular complexity index is 570. The Balaban J connectivity index is 1.76. The molecule has 0 bridgehead atoms. The number of hydrogen-bond donors (Lipinski definition) is 1. The molecule has 0 saturated heterocycles. The first kappa shape index (κ1) is 15.3. The number of ether oxygens (including phenoxy) is 2. The first-order valence-electron chi connectivity index (χ1n) is 6.94. The molecule has 0 unspecified atom stereocenters. The number of rotatable bonds is 7. The van der Waals surface area contributed by atoms with Crippen molar-refractivity contribution in [2.75, 3.05) is 20.3 Å². The lowest BCUT2D eigenvalue weighted by Gasteiger charge is -2.10. The molecule has 3 nitrogen and oxygen atoms in total. The van der Waals surface area contributed by atoms with Gasteiger partial charge in [0, 0.05) is 6.54 Å². The fourth-order valence-electron chi connectivity index (χ4n) is 1.99. The average Bonchev–Trinajstić information content (AvgIpc) is 2.47. The zero-order valence-corrected chi connectivity index (χ0v) is 12.4. The van der Waals surface area contributed by atoms with Crippen LogP contribution in [-0.2, 0) is 6.54 Å². The lowest BCUT2D eigenvalue weighted by atomic mass is 10.2. The summed E-state index contributed by atoms with van der Waals surface area (Å²) in [6.07, 6.45) is 0. The first-order valence-corrected chi connectivity index (χ1v) is 6.94. The largest absolute Gasteiger partial charge is 0.490 e. The molecule has 2 aromatic carbocycles. The molecular weight excluding hydrogens is 269 g/mol.